The third-order valence-corrected chi connectivity index (χ3v) is 2.62. The predicted octanol–water partition coefficient (Wildman–Crippen LogP) is 2.47. The Labute approximate surface area is 82.9 Å². The summed E-state index contributed by atoms with van der Waals surface area (Å²) in [6.45, 7) is 1.73. The molecule has 1 unspecified atom stereocenters. The zero-order chi connectivity index (χ0) is 9.84. The van der Waals surface area contributed by atoms with Crippen molar-refractivity contribution in [2.45, 2.75) is 17.9 Å². The topological polar surface area (TPSA) is 29.5 Å². The van der Waals surface area contributed by atoms with Gasteiger partial charge in [0.15, 0.2) is 0 Å². The summed E-state index contributed by atoms with van der Waals surface area (Å²) in [5, 5.41) is 9.41. The third-order valence-electron chi connectivity index (χ3n) is 1.89. The summed E-state index contributed by atoms with van der Waals surface area (Å²) in [5.41, 5.74) is 0.834. The quantitative estimate of drug-likeness (QED) is 0.757. The van der Waals surface area contributed by atoms with Crippen molar-refractivity contribution in [3.05, 3.63) is 23.8 Å². The average molecular weight is 198 g/mol. The SMILES string of the molecule is COc1cc(SC)ccc1C(C)O. The van der Waals surface area contributed by atoms with E-state index in [-0.39, 0.29) is 0 Å². The first-order valence-electron chi connectivity index (χ1n) is 4.09. The number of benzene rings is 1. The van der Waals surface area contributed by atoms with Crippen LogP contribution in [0.25, 0.3) is 0 Å². The van der Waals surface area contributed by atoms with Crippen LogP contribution in [0.3, 0.4) is 0 Å². The number of methoxy groups -OCH3 is 1. The zero-order valence-corrected chi connectivity index (χ0v) is 8.89. The van der Waals surface area contributed by atoms with E-state index in [0.29, 0.717) is 0 Å². The summed E-state index contributed by atoms with van der Waals surface area (Å²) in [5.74, 6) is 0.752. The fraction of sp³-hybridized carbons (Fsp3) is 0.400. The first kappa shape index (κ1) is 10.4. The minimum absolute atomic E-state index is 0.481. The normalized spacial score (nSPS) is 12.6. The van der Waals surface area contributed by atoms with Crippen LogP contribution in [0.1, 0.15) is 18.6 Å². The molecule has 0 heterocycles. The Morgan fingerprint density at radius 1 is 1.46 bits per heavy atom. The van der Waals surface area contributed by atoms with Crippen molar-refractivity contribution < 1.29 is 9.84 Å². The van der Waals surface area contributed by atoms with E-state index in [0.717, 1.165) is 16.2 Å². The van der Waals surface area contributed by atoms with Gasteiger partial charge in [-0.25, -0.2) is 0 Å². The van der Waals surface area contributed by atoms with E-state index in [2.05, 4.69) is 0 Å². The minimum atomic E-state index is -0.481. The van der Waals surface area contributed by atoms with Gasteiger partial charge in [-0.15, -0.1) is 11.8 Å². The fourth-order valence-electron chi connectivity index (χ4n) is 1.16. The summed E-state index contributed by atoms with van der Waals surface area (Å²) in [7, 11) is 1.62. The first-order chi connectivity index (χ1) is 6.19. The van der Waals surface area contributed by atoms with E-state index in [4.69, 9.17) is 4.74 Å². The Hall–Kier alpha value is -0.670. The van der Waals surface area contributed by atoms with Crippen molar-refractivity contribution in [2.24, 2.45) is 0 Å². The van der Waals surface area contributed by atoms with Gasteiger partial charge in [-0.3, -0.25) is 0 Å². The van der Waals surface area contributed by atoms with Crippen LogP contribution >= 0.6 is 11.8 Å². The van der Waals surface area contributed by atoms with Gasteiger partial charge in [-0.05, 0) is 25.3 Å². The highest BCUT2D eigenvalue weighted by molar-refractivity contribution is 7.98. The second-order valence-electron chi connectivity index (χ2n) is 2.78. The molecule has 0 aromatic heterocycles. The van der Waals surface area contributed by atoms with Crippen LogP contribution in [-0.2, 0) is 0 Å². The molecule has 1 N–H and O–H groups in total. The highest BCUT2D eigenvalue weighted by atomic mass is 32.2. The number of ether oxygens (including phenoxy) is 1. The second-order valence-corrected chi connectivity index (χ2v) is 3.66. The molecule has 0 fully saturated rings. The monoisotopic (exact) mass is 198 g/mol. The molecule has 0 aliphatic rings. The lowest BCUT2D eigenvalue weighted by atomic mass is 10.1. The highest BCUT2D eigenvalue weighted by Gasteiger charge is 2.08. The van der Waals surface area contributed by atoms with Gasteiger partial charge in [0.1, 0.15) is 5.75 Å². The lowest BCUT2D eigenvalue weighted by Gasteiger charge is -2.11. The fourth-order valence-corrected chi connectivity index (χ4v) is 1.59. The van der Waals surface area contributed by atoms with E-state index in [1.807, 2.05) is 24.5 Å². The molecule has 2 nitrogen and oxygen atoms in total. The molecule has 1 aromatic rings. The van der Waals surface area contributed by atoms with Gasteiger partial charge in [0, 0.05) is 10.5 Å². The average Bonchev–Trinajstić information content (AvgIpc) is 2.16. The zero-order valence-electron chi connectivity index (χ0n) is 8.07. The van der Waals surface area contributed by atoms with Gasteiger partial charge in [-0.2, -0.15) is 0 Å². The Morgan fingerprint density at radius 2 is 2.15 bits per heavy atom. The molecular weight excluding hydrogens is 184 g/mol. The van der Waals surface area contributed by atoms with Crippen molar-refractivity contribution >= 4 is 11.8 Å². The molecule has 1 aromatic carbocycles. The smallest absolute Gasteiger partial charge is 0.125 e. The van der Waals surface area contributed by atoms with Gasteiger partial charge in [-0.1, -0.05) is 6.07 Å². The summed E-state index contributed by atoms with van der Waals surface area (Å²) >= 11 is 1.66. The Bertz CT molecular complexity index is 284. The van der Waals surface area contributed by atoms with Gasteiger partial charge in [0.05, 0.1) is 13.2 Å². The molecule has 0 aliphatic heterocycles. The van der Waals surface area contributed by atoms with E-state index in [1.54, 1.807) is 25.8 Å². The minimum Gasteiger partial charge on any atom is -0.496 e. The van der Waals surface area contributed by atoms with E-state index in [9.17, 15) is 5.11 Å². The van der Waals surface area contributed by atoms with Crippen molar-refractivity contribution in [2.75, 3.05) is 13.4 Å². The standard InChI is InChI=1S/C10H14O2S/c1-7(11)9-5-4-8(13-3)6-10(9)12-2/h4-7,11H,1-3H3. The molecule has 0 bridgehead atoms. The van der Waals surface area contributed by atoms with Crippen LogP contribution < -0.4 is 4.74 Å². The van der Waals surface area contributed by atoms with Crippen LogP contribution in [0.2, 0.25) is 0 Å². The van der Waals surface area contributed by atoms with Crippen LogP contribution in [0, 0.1) is 0 Å². The lowest BCUT2D eigenvalue weighted by molar-refractivity contribution is 0.194. The first-order valence-corrected chi connectivity index (χ1v) is 5.31. The Balaban J connectivity index is 3.08. The molecule has 0 saturated heterocycles. The van der Waals surface area contributed by atoms with Crippen LogP contribution in [-0.4, -0.2) is 18.5 Å². The van der Waals surface area contributed by atoms with E-state index < -0.39 is 6.10 Å². The maximum atomic E-state index is 9.41. The molecule has 1 atom stereocenters. The molecule has 0 amide bonds. The highest BCUT2D eigenvalue weighted by Crippen LogP contribution is 2.29. The van der Waals surface area contributed by atoms with Gasteiger partial charge >= 0.3 is 0 Å². The van der Waals surface area contributed by atoms with Crippen LogP contribution in [0.4, 0.5) is 0 Å². The largest absolute Gasteiger partial charge is 0.496 e. The van der Waals surface area contributed by atoms with Gasteiger partial charge in [0.2, 0.25) is 0 Å². The maximum absolute atomic E-state index is 9.41. The van der Waals surface area contributed by atoms with Crippen LogP contribution in [0.5, 0.6) is 5.75 Å². The predicted molar refractivity (Wildman–Crippen MR) is 55.4 cm³/mol. The summed E-state index contributed by atoms with van der Waals surface area (Å²) in [6.07, 6.45) is 1.53. The van der Waals surface area contributed by atoms with Crippen molar-refractivity contribution in [3.8, 4) is 5.75 Å². The molecule has 72 valence electrons. The number of hydrogen-bond donors (Lipinski definition) is 1. The number of thioether (sulfide) groups is 1. The van der Waals surface area contributed by atoms with Crippen molar-refractivity contribution in [3.63, 3.8) is 0 Å². The molecule has 3 heteroatoms. The van der Waals surface area contributed by atoms with E-state index in [1.165, 1.54) is 0 Å². The molecular formula is C10H14O2S. The Morgan fingerprint density at radius 3 is 2.62 bits per heavy atom. The lowest BCUT2D eigenvalue weighted by Crippen LogP contribution is -1.96. The second kappa shape index (κ2) is 4.53. The summed E-state index contributed by atoms with van der Waals surface area (Å²) < 4.78 is 5.18. The molecule has 0 aliphatic carbocycles. The number of aliphatic hydroxyl groups is 1. The van der Waals surface area contributed by atoms with Crippen molar-refractivity contribution in [1.29, 1.82) is 0 Å². The van der Waals surface area contributed by atoms with E-state index >= 15 is 0 Å². The Kier molecular flexibility index (Phi) is 3.63. The molecule has 1 rings (SSSR count). The molecule has 0 radical (unpaired) electrons. The summed E-state index contributed by atoms with van der Waals surface area (Å²) in [4.78, 5) is 1.14. The number of hydrogen-bond acceptors (Lipinski definition) is 3. The third kappa shape index (κ3) is 2.39. The maximum Gasteiger partial charge on any atom is 0.125 e. The van der Waals surface area contributed by atoms with Crippen molar-refractivity contribution in [1.82, 2.24) is 0 Å². The molecule has 0 saturated carbocycles. The summed E-state index contributed by atoms with van der Waals surface area (Å²) in [6, 6.07) is 5.82. The molecule has 13 heavy (non-hydrogen) atoms. The molecule has 0 spiro atoms. The van der Waals surface area contributed by atoms with Gasteiger partial charge < -0.3 is 9.84 Å². The number of rotatable bonds is 3. The number of aliphatic hydroxyl groups excluding tert-OH is 1. The van der Waals surface area contributed by atoms with Crippen LogP contribution in [0.15, 0.2) is 23.1 Å². The van der Waals surface area contributed by atoms with Gasteiger partial charge in [0.25, 0.3) is 0 Å².